The summed E-state index contributed by atoms with van der Waals surface area (Å²) in [6.45, 7) is 5.48. The van der Waals surface area contributed by atoms with Crippen LogP contribution in [0.3, 0.4) is 0 Å². The molecule has 0 aliphatic heterocycles. The van der Waals surface area contributed by atoms with Crippen molar-refractivity contribution in [2.45, 2.75) is 32.3 Å². The summed E-state index contributed by atoms with van der Waals surface area (Å²) in [4.78, 5) is 10.2. The van der Waals surface area contributed by atoms with E-state index in [-0.39, 0.29) is 12.3 Å². The van der Waals surface area contributed by atoms with Crippen molar-refractivity contribution in [3.63, 3.8) is 0 Å². The molecule has 3 nitrogen and oxygen atoms in total. The molecule has 0 aromatic carbocycles. The van der Waals surface area contributed by atoms with E-state index in [1.54, 1.807) is 6.08 Å². The van der Waals surface area contributed by atoms with E-state index in [4.69, 9.17) is 5.11 Å². The van der Waals surface area contributed by atoms with Gasteiger partial charge in [-0.1, -0.05) is 19.4 Å². The molecule has 0 aliphatic carbocycles. The second-order valence-corrected chi connectivity index (χ2v) is 2.86. The zero-order valence-corrected chi connectivity index (χ0v) is 7.36. The quantitative estimate of drug-likeness (QED) is 0.596. The number of aliphatic hydroxyl groups is 1. The number of hydrogen-bond acceptors (Lipinski definition) is 2. The molecule has 0 bridgehead atoms. The molecule has 0 saturated heterocycles. The average Bonchev–Trinajstić information content (AvgIpc) is 1.98. The smallest absolute Gasteiger partial charge is 0.305 e. The number of allylic oxidation sites excluding steroid dienone is 1. The fourth-order valence-electron chi connectivity index (χ4n) is 1.16. The number of carboxylic acids is 1. The molecule has 0 radical (unpaired) electrons. The van der Waals surface area contributed by atoms with Gasteiger partial charge in [0.15, 0.2) is 0 Å². The van der Waals surface area contributed by atoms with Gasteiger partial charge >= 0.3 is 5.97 Å². The molecule has 0 unspecified atom stereocenters. The standard InChI is InChI=1S/C9H16O3/c1-3-5-7(4-2)8(10)6-9(11)12/h3,7-8,10H,1,4-6H2,2H3,(H,11,12)/t7-,8-/m0/s1. The first-order valence-corrected chi connectivity index (χ1v) is 4.12. The molecule has 0 fully saturated rings. The molecule has 0 heterocycles. The molecule has 12 heavy (non-hydrogen) atoms. The summed E-state index contributed by atoms with van der Waals surface area (Å²) >= 11 is 0. The Labute approximate surface area is 72.7 Å². The molecular weight excluding hydrogens is 156 g/mol. The van der Waals surface area contributed by atoms with Crippen LogP contribution in [0.4, 0.5) is 0 Å². The Morgan fingerprint density at radius 2 is 2.25 bits per heavy atom. The van der Waals surface area contributed by atoms with Crippen LogP contribution in [0.25, 0.3) is 0 Å². The monoisotopic (exact) mass is 172 g/mol. The normalized spacial score (nSPS) is 15.2. The third-order valence-corrected chi connectivity index (χ3v) is 1.92. The van der Waals surface area contributed by atoms with E-state index in [0.717, 1.165) is 6.42 Å². The number of hydrogen-bond donors (Lipinski definition) is 2. The van der Waals surface area contributed by atoms with Crippen LogP contribution < -0.4 is 0 Å². The third-order valence-electron chi connectivity index (χ3n) is 1.92. The predicted octanol–water partition coefficient (Wildman–Crippen LogP) is 1.42. The summed E-state index contributed by atoms with van der Waals surface area (Å²) < 4.78 is 0. The van der Waals surface area contributed by atoms with Gasteiger partial charge < -0.3 is 10.2 Å². The van der Waals surface area contributed by atoms with Crippen LogP contribution in [0, 0.1) is 5.92 Å². The van der Waals surface area contributed by atoms with Gasteiger partial charge in [-0.05, 0) is 12.3 Å². The summed E-state index contributed by atoms with van der Waals surface area (Å²) in [6, 6.07) is 0. The molecule has 3 heteroatoms. The van der Waals surface area contributed by atoms with Gasteiger partial charge in [0.2, 0.25) is 0 Å². The summed E-state index contributed by atoms with van der Waals surface area (Å²) in [5, 5.41) is 17.8. The van der Waals surface area contributed by atoms with Crippen molar-refractivity contribution >= 4 is 5.97 Å². The first-order chi connectivity index (χ1) is 5.61. The van der Waals surface area contributed by atoms with Crippen molar-refractivity contribution in [2.75, 3.05) is 0 Å². The SMILES string of the molecule is C=CC[C@H](CC)[C@@H](O)CC(=O)O. The summed E-state index contributed by atoms with van der Waals surface area (Å²) in [6.07, 6.45) is 2.24. The van der Waals surface area contributed by atoms with Gasteiger partial charge in [0.05, 0.1) is 12.5 Å². The van der Waals surface area contributed by atoms with Crippen LogP contribution in [0.1, 0.15) is 26.2 Å². The molecule has 70 valence electrons. The maximum absolute atomic E-state index is 10.2. The van der Waals surface area contributed by atoms with Gasteiger partial charge in [0.25, 0.3) is 0 Å². The van der Waals surface area contributed by atoms with Crippen molar-refractivity contribution in [2.24, 2.45) is 5.92 Å². The van der Waals surface area contributed by atoms with Gasteiger partial charge in [-0.2, -0.15) is 0 Å². The number of aliphatic hydroxyl groups excluding tert-OH is 1. The first kappa shape index (κ1) is 11.2. The summed E-state index contributed by atoms with van der Waals surface area (Å²) in [5.41, 5.74) is 0. The van der Waals surface area contributed by atoms with Gasteiger partial charge in [0.1, 0.15) is 0 Å². The van der Waals surface area contributed by atoms with E-state index in [1.807, 2.05) is 6.92 Å². The minimum Gasteiger partial charge on any atom is -0.481 e. The molecule has 0 aromatic heterocycles. The van der Waals surface area contributed by atoms with E-state index in [2.05, 4.69) is 6.58 Å². The largest absolute Gasteiger partial charge is 0.481 e. The van der Waals surface area contributed by atoms with Gasteiger partial charge in [-0.15, -0.1) is 6.58 Å². The van der Waals surface area contributed by atoms with Gasteiger partial charge in [-0.3, -0.25) is 4.79 Å². The maximum Gasteiger partial charge on any atom is 0.305 e. The highest BCUT2D eigenvalue weighted by atomic mass is 16.4. The highest BCUT2D eigenvalue weighted by Gasteiger charge is 2.18. The first-order valence-electron chi connectivity index (χ1n) is 4.12. The fourth-order valence-corrected chi connectivity index (χ4v) is 1.16. The van der Waals surface area contributed by atoms with Crippen LogP contribution in [-0.4, -0.2) is 22.3 Å². The van der Waals surface area contributed by atoms with E-state index >= 15 is 0 Å². The fraction of sp³-hybridized carbons (Fsp3) is 0.667. The lowest BCUT2D eigenvalue weighted by Gasteiger charge is -2.17. The maximum atomic E-state index is 10.2. The van der Waals surface area contributed by atoms with Gasteiger partial charge in [0, 0.05) is 0 Å². The molecule has 0 amide bonds. The van der Waals surface area contributed by atoms with Crippen molar-refractivity contribution < 1.29 is 15.0 Å². The van der Waals surface area contributed by atoms with Crippen LogP contribution in [0.5, 0.6) is 0 Å². The Morgan fingerprint density at radius 3 is 2.58 bits per heavy atom. The van der Waals surface area contributed by atoms with E-state index < -0.39 is 12.1 Å². The Bertz CT molecular complexity index is 154. The lowest BCUT2D eigenvalue weighted by atomic mass is 9.94. The summed E-state index contributed by atoms with van der Waals surface area (Å²) in [5.74, 6) is -0.927. The molecule has 2 atom stereocenters. The van der Waals surface area contributed by atoms with Crippen molar-refractivity contribution in [3.8, 4) is 0 Å². The third kappa shape index (κ3) is 4.13. The summed E-state index contributed by atoms with van der Waals surface area (Å²) in [7, 11) is 0. The molecule has 0 aromatic rings. The van der Waals surface area contributed by atoms with E-state index in [1.165, 1.54) is 0 Å². The highest BCUT2D eigenvalue weighted by Crippen LogP contribution is 2.16. The van der Waals surface area contributed by atoms with Crippen LogP contribution in [0.15, 0.2) is 12.7 Å². The van der Waals surface area contributed by atoms with E-state index in [9.17, 15) is 9.90 Å². The Hall–Kier alpha value is -0.830. The number of carboxylic acid groups (broad SMARTS) is 1. The number of aliphatic carboxylic acids is 1. The lowest BCUT2D eigenvalue weighted by Crippen LogP contribution is -2.22. The van der Waals surface area contributed by atoms with Crippen LogP contribution >= 0.6 is 0 Å². The van der Waals surface area contributed by atoms with Gasteiger partial charge in [-0.25, -0.2) is 0 Å². The topological polar surface area (TPSA) is 57.5 Å². The Morgan fingerprint density at radius 1 is 1.67 bits per heavy atom. The molecule has 2 N–H and O–H groups in total. The minimum absolute atomic E-state index is 0.0265. The van der Waals surface area contributed by atoms with Crippen molar-refractivity contribution in [1.29, 1.82) is 0 Å². The molecule has 0 spiro atoms. The molecule has 0 saturated carbocycles. The molecular formula is C9H16O3. The minimum atomic E-state index is -0.954. The number of rotatable bonds is 6. The lowest BCUT2D eigenvalue weighted by molar-refractivity contribution is -0.140. The predicted molar refractivity (Wildman–Crippen MR) is 46.9 cm³/mol. The van der Waals surface area contributed by atoms with Crippen LogP contribution in [0.2, 0.25) is 0 Å². The van der Waals surface area contributed by atoms with Crippen molar-refractivity contribution in [3.05, 3.63) is 12.7 Å². The van der Waals surface area contributed by atoms with Crippen molar-refractivity contribution in [1.82, 2.24) is 0 Å². The van der Waals surface area contributed by atoms with Crippen LogP contribution in [-0.2, 0) is 4.79 Å². The Balaban J connectivity index is 3.92. The molecule has 0 aliphatic rings. The number of carbonyl (C=O) groups is 1. The average molecular weight is 172 g/mol. The highest BCUT2D eigenvalue weighted by molar-refractivity contribution is 5.67. The van der Waals surface area contributed by atoms with E-state index in [0.29, 0.717) is 6.42 Å². The molecule has 0 rings (SSSR count). The second kappa shape index (κ2) is 5.77. The zero-order chi connectivity index (χ0) is 9.56. The Kier molecular flexibility index (Phi) is 5.37. The zero-order valence-electron chi connectivity index (χ0n) is 7.36. The second-order valence-electron chi connectivity index (χ2n) is 2.86.